The Bertz CT molecular complexity index is 6160. The van der Waals surface area contributed by atoms with Gasteiger partial charge in [-0.2, -0.15) is 5.26 Å². The van der Waals surface area contributed by atoms with Gasteiger partial charge in [-0.25, -0.2) is 0 Å². The molecule has 0 saturated carbocycles. The van der Waals surface area contributed by atoms with Crippen LogP contribution in [-0.2, 0) is 0 Å². The number of nitrogens with zero attached hydrogens (tertiary/aromatic N) is 6. The number of nitriles is 1. The van der Waals surface area contributed by atoms with Crippen LogP contribution in [0.1, 0.15) is 50.3 Å². The quantitative estimate of drug-likeness (QED) is 0.145. The normalized spacial score (nSPS) is 11.9. The Balaban J connectivity index is 0.949. The fourth-order valence-electron chi connectivity index (χ4n) is 16.2. The molecular formula is C92H68N6. The van der Waals surface area contributed by atoms with Crippen LogP contribution in [0.3, 0.4) is 0 Å². The van der Waals surface area contributed by atoms with Crippen LogP contribution in [-0.4, -0.2) is 23.3 Å². The number of benzene rings is 13. The number of fused-ring (bicyclic) bond motifs is 12. The molecule has 0 amide bonds. The van der Waals surface area contributed by atoms with Gasteiger partial charge in [0.15, 0.2) is 0 Å². The first-order valence-corrected chi connectivity index (χ1v) is 33.9. The van der Waals surface area contributed by atoms with E-state index in [2.05, 4.69) is 347 Å². The fourth-order valence-corrected chi connectivity index (χ4v) is 16.2. The van der Waals surface area contributed by atoms with Crippen LogP contribution in [0.15, 0.2) is 267 Å². The second-order valence-electron chi connectivity index (χ2n) is 27.2. The minimum atomic E-state index is 0.579. The molecule has 0 N–H and O–H groups in total. The summed E-state index contributed by atoms with van der Waals surface area (Å²) in [6.45, 7) is 17.2. The number of rotatable bonds is 9. The smallest absolute Gasteiger partial charge is 0.100 e. The molecule has 0 fully saturated rings. The second-order valence-corrected chi connectivity index (χ2v) is 27.2. The number of aryl methyl sites for hydroxylation is 8. The zero-order valence-corrected chi connectivity index (χ0v) is 56.1. The summed E-state index contributed by atoms with van der Waals surface area (Å²) in [5.74, 6) is 0. The first-order chi connectivity index (χ1) is 47.8. The van der Waals surface area contributed by atoms with Crippen molar-refractivity contribution in [3.8, 4) is 84.5 Å². The maximum atomic E-state index is 12.6. The summed E-state index contributed by atoms with van der Waals surface area (Å²) in [5, 5.41) is 22.4. The van der Waals surface area contributed by atoms with Crippen molar-refractivity contribution >= 4 is 87.2 Å². The zero-order valence-electron chi connectivity index (χ0n) is 56.1. The molecule has 0 atom stereocenters. The van der Waals surface area contributed by atoms with Crippen molar-refractivity contribution in [2.75, 3.05) is 0 Å². The van der Waals surface area contributed by atoms with E-state index in [1.54, 1.807) is 0 Å². The Labute approximate surface area is 569 Å². The van der Waals surface area contributed by atoms with E-state index in [-0.39, 0.29) is 0 Å². The van der Waals surface area contributed by atoms with Crippen molar-refractivity contribution in [1.82, 2.24) is 23.3 Å². The van der Waals surface area contributed by atoms with Crippen LogP contribution in [0.5, 0.6) is 0 Å². The van der Waals surface area contributed by atoms with Crippen LogP contribution in [0, 0.1) is 66.7 Å². The first-order valence-electron chi connectivity index (χ1n) is 33.9. The zero-order chi connectivity index (χ0) is 66.4. The van der Waals surface area contributed by atoms with Crippen LogP contribution >= 0.6 is 0 Å². The van der Waals surface area contributed by atoms with Crippen molar-refractivity contribution in [2.45, 2.75) is 55.4 Å². The summed E-state index contributed by atoms with van der Waals surface area (Å²) >= 11 is 0. The topological polar surface area (TPSA) is 56.4 Å². The van der Waals surface area contributed by atoms with Gasteiger partial charge >= 0.3 is 0 Å². The van der Waals surface area contributed by atoms with Gasteiger partial charge in [0, 0.05) is 88.4 Å². The average molecular weight is 1260 g/mol. The molecule has 0 bridgehead atoms. The van der Waals surface area contributed by atoms with Crippen molar-refractivity contribution in [2.24, 2.45) is 0 Å². The van der Waals surface area contributed by atoms with E-state index in [0.717, 1.165) is 134 Å². The number of hydrogen-bond donors (Lipinski definition) is 0. The number of para-hydroxylation sites is 2. The highest BCUT2D eigenvalue weighted by molar-refractivity contribution is 6.15. The molecule has 0 aliphatic rings. The molecule has 18 aromatic rings. The highest BCUT2D eigenvalue weighted by atomic mass is 15.0. The Kier molecular flexibility index (Phi) is 13.3. The van der Waals surface area contributed by atoms with Crippen LogP contribution in [0.2, 0.25) is 0 Å². The Morgan fingerprint density at radius 1 is 0.235 bits per heavy atom. The summed E-state index contributed by atoms with van der Waals surface area (Å²) in [6.07, 6.45) is 0. The number of aromatic nitrogens is 5. The Morgan fingerprint density at radius 3 is 0.745 bits per heavy atom. The van der Waals surface area contributed by atoms with E-state index in [1.165, 1.54) is 76.5 Å². The van der Waals surface area contributed by atoms with Gasteiger partial charge in [-0.05, 0) is 245 Å². The van der Waals surface area contributed by atoms with Gasteiger partial charge in [0.2, 0.25) is 0 Å². The van der Waals surface area contributed by atoms with E-state index < -0.39 is 0 Å². The van der Waals surface area contributed by atoms with E-state index in [4.69, 9.17) is 4.98 Å². The summed E-state index contributed by atoms with van der Waals surface area (Å²) in [6, 6.07) is 102. The largest absolute Gasteiger partial charge is 0.309 e. The Morgan fingerprint density at radius 2 is 0.469 bits per heavy atom. The molecule has 13 aromatic carbocycles. The van der Waals surface area contributed by atoms with E-state index in [9.17, 15) is 5.26 Å². The van der Waals surface area contributed by atoms with Crippen molar-refractivity contribution in [1.29, 1.82) is 5.26 Å². The SMILES string of the molecule is Cc1ccc2c(c1)c1cc(C)ccc1n2-c1ccc(-c2c(C#N)c(-c3cc(C)nc(C)c3)c(-c3ccc(-n4c5ccc(C)cc5c5cc(C)ccc54)cc3)c(-c3ccc(-n4c5ccccc5c5ccccc54)cc3)c2-c2ccc(-n3c4ccc(C)cc4c4cc(C)ccc43)cc2)cc1. The molecule has 0 radical (unpaired) electrons. The lowest BCUT2D eigenvalue weighted by molar-refractivity contribution is 1.12. The van der Waals surface area contributed by atoms with Crippen molar-refractivity contribution < 1.29 is 0 Å². The Hall–Kier alpha value is -12.3. The van der Waals surface area contributed by atoms with Gasteiger partial charge in [-0.3, -0.25) is 4.98 Å². The predicted molar refractivity (Wildman–Crippen MR) is 411 cm³/mol. The lowest BCUT2D eigenvalue weighted by atomic mass is 9.75. The fraction of sp³-hybridized carbons (Fsp3) is 0.0870. The maximum absolute atomic E-state index is 12.6. The van der Waals surface area contributed by atoms with E-state index >= 15 is 0 Å². The summed E-state index contributed by atoms with van der Waals surface area (Å²) in [7, 11) is 0. The first kappa shape index (κ1) is 58.3. The minimum absolute atomic E-state index is 0.579. The standard InChI is InChI=1S/C92H68N6/c1-54-17-39-82-73(45-54)74-46-55(2)18-40-83(74)96(82)68-31-23-62(24-32-68)88-79(53-93)89(66-51-60(7)94-61(8)52-66)91(64-27-35-70(36-28-64)98-86-43-21-58(5)49-77(86)78-50-59(6)22-44-87(78)98)92(65-29-37-67(38-30-65)95-80-15-11-9-13-71(80)72-14-10-12-16-81(72)95)90(88)63-25-33-69(34-26-63)97-84-41-19-56(3)47-75(84)76-48-57(4)20-42-85(76)97/h9-52H,1-8H3. The third-order valence-electron chi connectivity index (χ3n) is 20.4. The van der Waals surface area contributed by atoms with Gasteiger partial charge in [0.1, 0.15) is 6.07 Å². The van der Waals surface area contributed by atoms with Gasteiger partial charge in [-0.1, -0.05) is 155 Å². The molecule has 466 valence electrons. The van der Waals surface area contributed by atoms with Crippen LogP contribution in [0.25, 0.3) is 166 Å². The molecule has 6 nitrogen and oxygen atoms in total. The lowest BCUT2D eigenvalue weighted by Crippen LogP contribution is -2.04. The minimum Gasteiger partial charge on any atom is -0.309 e. The molecule has 0 aliphatic heterocycles. The lowest BCUT2D eigenvalue weighted by Gasteiger charge is -2.27. The van der Waals surface area contributed by atoms with Crippen LogP contribution < -0.4 is 0 Å². The molecular weight excluding hydrogens is 1190 g/mol. The van der Waals surface area contributed by atoms with E-state index in [1.807, 2.05) is 0 Å². The third-order valence-corrected chi connectivity index (χ3v) is 20.4. The van der Waals surface area contributed by atoms with Gasteiger partial charge in [0.25, 0.3) is 0 Å². The monoisotopic (exact) mass is 1260 g/mol. The van der Waals surface area contributed by atoms with Crippen LogP contribution in [0.4, 0.5) is 0 Å². The van der Waals surface area contributed by atoms with Gasteiger partial charge in [-0.15, -0.1) is 0 Å². The summed E-state index contributed by atoms with van der Waals surface area (Å²) in [5.41, 5.74) is 32.5. The van der Waals surface area contributed by atoms with Gasteiger partial charge in [0.05, 0.1) is 49.7 Å². The summed E-state index contributed by atoms with van der Waals surface area (Å²) in [4.78, 5) is 4.99. The third kappa shape index (κ3) is 9.18. The van der Waals surface area contributed by atoms with Gasteiger partial charge < -0.3 is 18.3 Å². The maximum Gasteiger partial charge on any atom is 0.100 e. The predicted octanol–water partition coefficient (Wildman–Crippen LogP) is 24.1. The number of pyridine rings is 1. The molecule has 5 aromatic heterocycles. The highest BCUT2D eigenvalue weighted by Crippen LogP contribution is 2.54. The molecule has 18 rings (SSSR count). The van der Waals surface area contributed by atoms with Crippen molar-refractivity contribution in [3.05, 3.63) is 317 Å². The van der Waals surface area contributed by atoms with E-state index in [0.29, 0.717) is 5.56 Å². The molecule has 0 saturated heterocycles. The number of hydrogen-bond acceptors (Lipinski definition) is 2. The highest BCUT2D eigenvalue weighted by Gasteiger charge is 2.30. The molecule has 6 heteroatoms. The summed E-state index contributed by atoms with van der Waals surface area (Å²) < 4.78 is 9.59. The molecule has 5 heterocycles. The molecule has 0 spiro atoms. The molecule has 98 heavy (non-hydrogen) atoms. The second kappa shape index (κ2) is 22.4. The van der Waals surface area contributed by atoms with Crippen molar-refractivity contribution in [3.63, 3.8) is 0 Å². The molecule has 0 aliphatic carbocycles. The average Bonchev–Trinajstić information content (AvgIpc) is 1.05. The molecule has 0 unspecified atom stereocenters.